The summed E-state index contributed by atoms with van der Waals surface area (Å²) < 4.78 is 0. The zero-order chi connectivity index (χ0) is 17.3. The molecule has 0 aliphatic heterocycles. The van der Waals surface area contributed by atoms with Crippen molar-refractivity contribution in [2.24, 2.45) is 0 Å². The SMILES string of the molecule is C=CCN(CC=C)c1nc(Cl)nc(NC(C)(C)CCCCC)n1. The van der Waals surface area contributed by atoms with Gasteiger partial charge in [-0.15, -0.1) is 13.2 Å². The number of anilines is 2. The van der Waals surface area contributed by atoms with Crippen molar-refractivity contribution in [3.05, 3.63) is 30.6 Å². The van der Waals surface area contributed by atoms with E-state index in [1.54, 1.807) is 12.2 Å². The average molecular weight is 338 g/mol. The van der Waals surface area contributed by atoms with Crippen LogP contribution in [0, 0.1) is 0 Å². The fourth-order valence-corrected chi connectivity index (χ4v) is 2.42. The lowest BCUT2D eigenvalue weighted by atomic mass is 9.97. The zero-order valence-corrected chi connectivity index (χ0v) is 15.2. The topological polar surface area (TPSA) is 53.9 Å². The van der Waals surface area contributed by atoms with E-state index >= 15 is 0 Å². The lowest BCUT2D eigenvalue weighted by Crippen LogP contribution is -2.32. The molecular formula is C17H28ClN5. The van der Waals surface area contributed by atoms with E-state index in [0.717, 1.165) is 6.42 Å². The van der Waals surface area contributed by atoms with Crippen molar-refractivity contribution in [3.8, 4) is 0 Å². The second kappa shape index (κ2) is 9.50. The molecule has 23 heavy (non-hydrogen) atoms. The molecule has 1 aromatic rings. The van der Waals surface area contributed by atoms with Gasteiger partial charge in [0.15, 0.2) is 0 Å². The Balaban J connectivity index is 2.91. The fourth-order valence-electron chi connectivity index (χ4n) is 2.27. The van der Waals surface area contributed by atoms with Crippen LogP contribution in [-0.4, -0.2) is 33.6 Å². The van der Waals surface area contributed by atoms with Crippen LogP contribution in [0.2, 0.25) is 5.28 Å². The standard InChI is InChI=1S/C17H28ClN5/c1-6-9-10-11-17(4,5)22-15-19-14(18)20-16(21-15)23(12-7-2)13-8-3/h7-8H,2-3,6,9-13H2,1,4-5H3,(H,19,20,21,22). The summed E-state index contributed by atoms with van der Waals surface area (Å²) in [7, 11) is 0. The largest absolute Gasteiger partial charge is 0.349 e. The van der Waals surface area contributed by atoms with E-state index in [2.05, 4.69) is 54.2 Å². The van der Waals surface area contributed by atoms with Crippen LogP contribution < -0.4 is 10.2 Å². The summed E-state index contributed by atoms with van der Waals surface area (Å²) in [4.78, 5) is 14.8. The van der Waals surface area contributed by atoms with Crippen LogP contribution in [-0.2, 0) is 0 Å². The zero-order valence-electron chi connectivity index (χ0n) is 14.5. The Labute approximate surface area is 144 Å². The van der Waals surface area contributed by atoms with Crippen molar-refractivity contribution < 1.29 is 0 Å². The van der Waals surface area contributed by atoms with E-state index in [1.807, 2.05) is 4.90 Å². The minimum absolute atomic E-state index is 0.0984. The monoisotopic (exact) mass is 337 g/mol. The second-order valence-corrected chi connectivity index (χ2v) is 6.51. The number of nitrogens with one attached hydrogen (secondary N) is 1. The summed E-state index contributed by atoms with van der Waals surface area (Å²) in [6.45, 7) is 15.2. The number of hydrogen-bond donors (Lipinski definition) is 1. The van der Waals surface area contributed by atoms with Crippen LogP contribution in [0.25, 0.3) is 0 Å². The molecule has 1 N–H and O–H groups in total. The fraction of sp³-hybridized carbons (Fsp3) is 0.588. The molecular weight excluding hydrogens is 310 g/mol. The number of hydrogen-bond acceptors (Lipinski definition) is 5. The van der Waals surface area contributed by atoms with Crippen LogP contribution in [0.5, 0.6) is 0 Å². The quantitative estimate of drug-likeness (QED) is 0.476. The van der Waals surface area contributed by atoms with Gasteiger partial charge in [0.05, 0.1) is 0 Å². The van der Waals surface area contributed by atoms with Crippen molar-refractivity contribution in [1.29, 1.82) is 0 Å². The molecule has 0 bridgehead atoms. The molecule has 1 rings (SSSR count). The minimum atomic E-state index is -0.0984. The third-order valence-electron chi connectivity index (χ3n) is 3.43. The highest BCUT2D eigenvalue weighted by Gasteiger charge is 2.20. The Hall–Kier alpha value is -1.62. The van der Waals surface area contributed by atoms with E-state index in [4.69, 9.17) is 11.6 Å². The average Bonchev–Trinajstić information content (AvgIpc) is 2.46. The third kappa shape index (κ3) is 6.99. The van der Waals surface area contributed by atoms with Crippen molar-refractivity contribution in [3.63, 3.8) is 0 Å². The summed E-state index contributed by atoms with van der Waals surface area (Å²) in [6.07, 6.45) is 8.23. The summed E-state index contributed by atoms with van der Waals surface area (Å²) in [5, 5.41) is 3.55. The van der Waals surface area contributed by atoms with E-state index in [9.17, 15) is 0 Å². The Kier molecular flexibility index (Phi) is 8.03. The molecule has 1 aromatic heterocycles. The molecule has 5 nitrogen and oxygen atoms in total. The molecule has 0 fully saturated rings. The molecule has 0 unspecified atom stereocenters. The highest BCUT2D eigenvalue weighted by molar-refractivity contribution is 6.28. The number of unbranched alkanes of at least 4 members (excludes halogenated alkanes) is 2. The molecule has 0 saturated heterocycles. The van der Waals surface area contributed by atoms with Gasteiger partial charge < -0.3 is 10.2 Å². The molecule has 0 aliphatic carbocycles. The first-order chi connectivity index (χ1) is 10.9. The van der Waals surface area contributed by atoms with Crippen molar-refractivity contribution in [2.45, 2.75) is 52.0 Å². The molecule has 0 aliphatic rings. The van der Waals surface area contributed by atoms with Gasteiger partial charge in [0.1, 0.15) is 0 Å². The molecule has 6 heteroatoms. The predicted molar refractivity (Wildman–Crippen MR) is 99.3 cm³/mol. The van der Waals surface area contributed by atoms with Gasteiger partial charge in [-0.25, -0.2) is 0 Å². The lowest BCUT2D eigenvalue weighted by Gasteiger charge is -2.27. The number of halogens is 1. The molecule has 0 aromatic carbocycles. The lowest BCUT2D eigenvalue weighted by molar-refractivity contribution is 0.480. The maximum atomic E-state index is 6.07. The molecule has 128 valence electrons. The third-order valence-corrected chi connectivity index (χ3v) is 3.60. The first-order valence-electron chi connectivity index (χ1n) is 8.08. The van der Waals surface area contributed by atoms with Gasteiger partial charge in [0, 0.05) is 18.6 Å². The van der Waals surface area contributed by atoms with Gasteiger partial charge in [-0.05, 0) is 31.9 Å². The van der Waals surface area contributed by atoms with Gasteiger partial charge in [0.2, 0.25) is 17.2 Å². The number of rotatable bonds is 11. The van der Waals surface area contributed by atoms with E-state index in [1.165, 1.54) is 19.3 Å². The predicted octanol–water partition coefficient (Wildman–Crippen LogP) is 4.47. The Bertz CT molecular complexity index is 506. The maximum absolute atomic E-state index is 6.07. The number of aromatic nitrogens is 3. The Morgan fingerprint density at radius 1 is 1.13 bits per heavy atom. The normalized spacial score (nSPS) is 11.1. The van der Waals surface area contributed by atoms with Crippen LogP contribution in [0.4, 0.5) is 11.9 Å². The first kappa shape index (κ1) is 19.4. The molecule has 1 heterocycles. The molecule has 0 amide bonds. The molecule has 0 spiro atoms. The highest BCUT2D eigenvalue weighted by Crippen LogP contribution is 2.21. The van der Waals surface area contributed by atoms with Crippen LogP contribution in [0.3, 0.4) is 0 Å². The molecule has 0 saturated carbocycles. The summed E-state index contributed by atoms with van der Waals surface area (Å²) in [5.41, 5.74) is -0.0984. The van der Waals surface area contributed by atoms with E-state index in [-0.39, 0.29) is 10.8 Å². The Morgan fingerprint density at radius 2 is 1.78 bits per heavy atom. The van der Waals surface area contributed by atoms with Crippen molar-refractivity contribution >= 4 is 23.5 Å². The van der Waals surface area contributed by atoms with Gasteiger partial charge in [0.25, 0.3) is 0 Å². The van der Waals surface area contributed by atoms with Gasteiger partial charge >= 0.3 is 0 Å². The maximum Gasteiger partial charge on any atom is 0.232 e. The van der Waals surface area contributed by atoms with Crippen LogP contribution >= 0.6 is 11.6 Å². The van der Waals surface area contributed by atoms with Gasteiger partial charge in [-0.1, -0.05) is 38.3 Å². The highest BCUT2D eigenvalue weighted by atomic mass is 35.5. The number of nitrogens with zero attached hydrogens (tertiary/aromatic N) is 4. The Morgan fingerprint density at radius 3 is 2.35 bits per heavy atom. The smallest absolute Gasteiger partial charge is 0.232 e. The summed E-state index contributed by atoms with van der Waals surface area (Å²) >= 11 is 6.07. The van der Waals surface area contributed by atoms with Crippen molar-refractivity contribution in [2.75, 3.05) is 23.3 Å². The van der Waals surface area contributed by atoms with Gasteiger partial charge in [-0.3, -0.25) is 0 Å². The van der Waals surface area contributed by atoms with E-state index < -0.39 is 0 Å². The summed E-state index contributed by atoms with van der Waals surface area (Å²) in [6, 6.07) is 0. The van der Waals surface area contributed by atoms with Crippen molar-refractivity contribution in [1.82, 2.24) is 15.0 Å². The second-order valence-electron chi connectivity index (χ2n) is 6.18. The minimum Gasteiger partial charge on any atom is -0.349 e. The van der Waals surface area contributed by atoms with Crippen LogP contribution in [0.1, 0.15) is 46.5 Å². The van der Waals surface area contributed by atoms with Gasteiger partial charge in [-0.2, -0.15) is 15.0 Å². The first-order valence-corrected chi connectivity index (χ1v) is 8.46. The molecule has 0 atom stereocenters. The summed E-state index contributed by atoms with van der Waals surface area (Å²) in [5.74, 6) is 1.02. The molecule has 0 radical (unpaired) electrons. The van der Waals surface area contributed by atoms with Crippen LogP contribution in [0.15, 0.2) is 25.3 Å². The van der Waals surface area contributed by atoms with E-state index in [0.29, 0.717) is 25.0 Å².